The molecule has 0 unspecified atom stereocenters. The largest absolute Gasteiger partial charge is 0.372 e. The van der Waals surface area contributed by atoms with Crippen molar-refractivity contribution in [2.45, 2.75) is 38.4 Å². The summed E-state index contributed by atoms with van der Waals surface area (Å²) in [5, 5.41) is 7.81. The molecule has 1 saturated carbocycles. The molecule has 0 aromatic carbocycles. The quantitative estimate of drug-likeness (QED) is 0.705. The molecule has 0 aliphatic heterocycles. The molecule has 1 aliphatic rings. The van der Waals surface area contributed by atoms with Crippen LogP contribution >= 0.6 is 0 Å². The maximum absolute atomic E-state index is 5.69. The molecule has 0 atom stereocenters. The molecule has 0 N–H and O–H groups in total. The predicted molar refractivity (Wildman–Crippen MR) is 48.0 cm³/mol. The summed E-state index contributed by atoms with van der Waals surface area (Å²) in [4.78, 5) is 0. The lowest BCUT2D eigenvalue weighted by Crippen LogP contribution is -2.07. The summed E-state index contributed by atoms with van der Waals surface area (Å²) in [7, 11) is 1.87. The van der Waals surface area contributed by atoms with Crippen LogP contribution in [0.2, 0.25) is 0 Å². The second-order valence-corrected chi connectivity index (χ2v) is 3.60. The van der Waals surface area contributed by atoms with Crippen LogP contribution < -0.4 is 0 Å². The third-order valence-corrected chi connectivity index (χ3v) is 2.42. The number of aromatic nitrogens is 3. The van der Waals surface area contributed by atoms with Crippen LogP contribution in [0.5, 0.6) is 0 Å². The van der Waals surface area contributed by atoms with Gasteiger partial charge in [0.25, 0.3) is 0 Å². The van der Waals surface area contributed by atoms with Gasteiger partial charge in [0.2, 0.25) is 0 Å². The maximum atomic E-state index is 5.69. The second-order valence-electron chi connectivity index (χ2n) is 3.60. The van der Waals surface area contributed by atoms with E-state index in [4.69, 9.17) is 4.74 Å². The van der Waals surface area contributed by atoms with Crippen LogP contribution in [0, 0.1) is 0 Å². The highest BCUT2D eigenvalue weighted by Gasteiger charge is 2.15. The van der Waals surface area contributed by atoms with Gasteiger partial charge in [0, 0.05) is 7.05 Å². The number of hydrogen-bond acceptors (Lipinski definition) is 3. The Morgan fingerprint density at radius 1 is 1.54 bits per heavy atom. The first-order valence-corrected chi connectivity index (χ1v) is 4.81. The van der Waals surface area contributed by atoms with E-state index in [1.54, 1.807) is 4.68 Å². The summed E-state index contributed by atoms with van der Waals surface area (Å²) in [5.74, 6) is 0. The first-order chi connectivity index (χ1) is 6.34. The SMILES string of the molecule is Cn1cc(COC2CCCC2)nn1. The highest BCUT2D eigenvalue weighted by atomic mass is 16.5. The van der Waals surface area contributed by atoms with Gasteiger partial charge in [-0.1, -0.05) is 18.1 Å². The molecular formula is C9H15N3O. The van der Waals surface area contributed by atoms with Crippen molar-refractivity contribution in [3.8, 4) is 0 Å². The first-order valence-electron chi connectivity index (χ1n) is 4.81. The minimum atomic E-state index is 0.460. The molecule has 1 heterocycles. The Kier molecular flexibility index (Phi) is 2.59. The first kappa shape index (κ1) is 8.69. The summed E-state index contributed by atoms with van der Waals surface area (Å²) in [6.07, 6.45) is 7.40. The molecular weight excluding hydrogens is 166 g/mol. The van der Waals surface area contributed by atoms with Crippen LogP contribution in [0.25, 0.3) is 0 Å². The highest BCUT2D eigenvalue weighted by molar-refractivity contribution is 4.89. The van der Waals surface area contributed by atoms with Gasteiger partial charge in [-0.3, -0.25) is 4.68 Å². The normalized spacial score (nSPS) is 18.2. The Morgan fingerprint density at radius 3 is 2.92 bits per heavy atom. The molecule has 13 heavy (non-hydrogen) atoms. The second kappa shape index (κ2) is 3.87. The van der Waals surface area contributed by atoms with Gasteiger partial charge in [0.15, 0.2) is 0 Å². The molecule has 1 aromatic rings. The third-order valence-electron chi connectivity index (χ3n) is 2.42. The fourth-order valence-electron chi connectivity index (χ4n) is 1.72. The zero-order valence-electron chi connectivity index (χ0n) is 7.94. The van der Waals surface area contributed by atoms with Crippen molar-refractivity contribution >= 4 is 0 Å². The van der Waals surface area contributed by atoms with Crippen LogP contribution in [-0.4, -0.2) is 21.1 Å². The van der Waals surface area contributed by atoms with Crippen LogP contribution in [0.3, 0.4) is 0 Å². The average Bonchev–Trinajstić information content (AvgIpc) is 2.71. The van der Waals surface area contributed by atoms with Gasteiger partial charge in [0.05, 0.1) is 18.9 Å². The van der Waals surface area contributed by atoms with Gasteiger partial charge in [0.1, 0.15) is 5.69 Å². The summed E-state index contributed by atoms with van der Waals surface area (Å²) in [6.45, 7) is 0.610. The molecule has 4 heteroatoms. The molecule has 1 fully saturated rings. The summed E-state index contributed by atoms with van der Waals surface area (Å²) in [5.41, 5.74) is 0.925. The Hall–Kier alpha value is -0.900. The smallest absolute Gasteiger partial charge is 0.108 e. The van der Waals surface area contributed by atoms with Crippen LogP contribution in [0.15, 0.2) is 6.20 Å². The molecule has 0 radical (unpaired) electrons. The lowest BCUT2D eigenvalue weighted by molar-refractivity contribution is 0.0437. The van der Waals surface area contributed by atoms with Crippen LogP contribution in [-0.2, 0) is 18.4 Å². The maximum Gasteiger partial charge on any atom is 0.108 e. The lowest BCUT2D eigenvalue weighted by atomic mass is 10.3. The Morgan fingerprint density at radius 2 is 2.31 bits per heavy atom. The highest BCUT2D eigenvalue weighted by Crippen LogP contribution is 2.21. The summed E-state index contributed by atoms with van der Waals surface area (Å²) >= 11 is 0. The van der Waals surface area contributed by atoms with Gasteiger partial charge in [-0.2, -0.15) is 0 Å². The van der Waals surface area contributed by atoms with E-state index in [2.05, 4.69) is 10.3 Å². The van der Waals surface area contributed by atoms with Crippen molar-refractivity contribution in [3.05, 3.63) is 11.9 Å². The summed E-state index contributed by atoms with van der Waals surface area (Å²) in [6, 6.07) is 0. The number of aryl methyl sites for hydroxylation is 1. The van der Waals surface area contributed by atoms with E-state index in [-0.39, 0.29) is 0 Å². The van der Waals surface area contributed by atoms with Gasteiger partial charge in [-0.15, -0.1) is 5.10 Å². The van der Waals surface area contributed by atoms with Crippen molar-refractivity contribution in [3.63, 3.8) is 0 Å². The molecule has 0 bridgehead atoms. The van der Waals surface area contributed by atoms with Crippen molar-refractivity contribution in [2.24, 2.45) is 7.05 Å². The summed E-state index contributed by atoms with van der Waals surface area (Å²) < 4.78 is 7.39. The zero-order valence-corrected chi connectivity index (χ0v) is 7.94. The molecule has 0 saturated heterocycles. The average molecular weight is 181 g/mol. The van der Waals surface area contributed by atoms with E-state index in [1.165, 1.54) is 25.7 Å². The van der Waals surface area contributed by atoms with E-state index >= 15 is 0 Å². The number of hydrogen-bond donors (Lipinski definition) is 0. The number of ether oxygens (including phenoxy) is 1. The van der Waals surface area contributed by atoms with Crippen molar-refractivity contribution in [2.75, 3.05) is 0 Å². The van der Waals surface area contributed by atoms with Crippen molar-refractivity contribution in [1.82, 2.24) is 15.0 Å². The molecule has 1 aromatic heterocycles. The van der Waals surface area contributed by atoms with Gasteiger partial charge in [-0.25, -0.2) is 0 Å². The molecule has 72 valence electrons. The number of rotatable bonds is 3. The standard InChI is InChI=1S/C9H15N3O/c1-12-6-8(10-11-12)7-13-9-4-2-3-5-9/h6,9H,2-5,7H2,1H3. The molecule has 4 nitrogen and oxygen atoms in total. The van der Waals surface area contributed by atoms with E-state index in [0.29, 0.717) is 12.7 Å². The zero-order chi connectivity index (χ0) is 9.10. The molecule has 0 spiro atoms. The van der Waals surface area contributed by atoms with E-state index in [9.17, 15) is 0 Å². The topological polar surface area (TPSA) is 39.9 Å². The Bertz CT molecular complexity index is 266. The van der Waals surface area contributed by atoms with Crippen LogP contribution in [0.1, 0.15) is 31.4 Å². The van der Waals surface area contributed by atoms with E-state index < -0.39 is 0 Å². The fraction of sp³-hybridized carbons (Fsp3) is 0.778. The van der Waals surface area contributed by atoms with Crippen LogP contribution in [0.4, 0.5) is 0 Å². The van der Waals surface area contributed by atoms with Crippen molar-refractivity contribution in [1.29, 1.82) is 0 Å². The fourth-order valence-corrected chi connectivity index (χ4v) is 1.72. The van der Waals surface area contributed by atoms with Gasteiger partial charge in [-0.05, 0) is 12.8 Å². The van der Waals surface area contributed by atoms with Gasteiger partial charge < -0.3 is 4.74 Å². The van der Waals surface area contributed by atoms with E-state index in [0.717, 1.165) is 5.69 Å². The molecule has 0 amide bonds. The minimum absolute atomic E-state index is 0.460. The Balaban J connectivity index is 1.78. The third kappa shape index (κ3) is 2.28. The monoisotopic (exact) mass is 181 g/mol. The van der Waals surface area contributed by atoms with Crippen molar-refractivity contribution < 1.29 is 4.74 Å². The lowest BCUT2D eigenvalue weighted by Gasteiger charge is -2.08. The number of nitrogens with zero attached hydrogens (tertiary/aromatic N) is 3. The molecule has 2 rings (SSSR count). The molecule has 1 aliphatic carbocycles. The predicted octanol–water partition coefficient (Wildman–Crippen LogP) is 1.27. The van der Waals surface area contributed by atoms with E-state index in [1.807, 2.05) is 13.2 Å². The van der Waals surface area contributed by atoms with Gasteiger partial charge >= 0.3 is 0 Å². The Labute approximate surface area is 77.9 Å². The minimum Gasteiger partial charge on any atom is -0.372 e.